The molecule has 1 aliphatic carbocycles. The zero-order valence-electron chi connectivity index (χ0n) is 24.4. The van der Waals surface area contributed by atoms with Gasteiger partial charge in [0.05, 0.1) is 0 Å². The van der Waals surface area contributed by atoms with Crippen molar-refractivity contribution < 1.29 is 14.4 Å². The average Bonchev–Trinajstić information content (AvgIpc) is 3.70. The highest BCUT2D eigenvalue weighted by atomic mass is 35.5. The van der Waals surface area contributed by atoms with Gasteiger partial charge in [-0.15, -0.1) is 5.10 Å². The van der Waals surface area contributed by atoms with Gasteiger partial charge in [-0.3, -0.25) is 19.4 Å². The molecule has 3 amide bonds. The van der Waals surface area contributed by atoms with E-state index in [0.717, 1.165) is 63.6 Å². The minimum Gasteiger partial charge on any atom is -0.342 e. The standard InChI is InChI=1S/C30H42ClN7O3/c1-20-23(13-26(31)14-27(20)36-17-24-15-35(22(3)40)16-25(24)18-36)19-37-9-4-6-30(37)7-11-34(12-8-30)29(41)38-10-5-28(33-38)32-21(2)39/h5,10,13-14,20,24-25,27H,4,6-9,11-12,15-19H2,1-3H3,(H,32,33,39). The number of halogens is 1. The van der Waals surface area contributed by atoms with E-state index >= 15 is 0 Å². The Morgan fingerprint density at radius 3 is 2.39 bits per heavy atom. The predicted octanol–water partition coefficient (Wildman–Crippen LogP) is 3.22. The summed E-state index contributed by atoms with van der Waals surface area (Å²) in [5.41, 5.74) is 1.50. The number of aromatic nitrogens is 2. The van der Waals surface area contributed by atoms with E-state index in [0.29, 0.717) is 36.7 Å². The molecule has 4 unspecified atom stereocenters. The largest absolute Gasteiger partial charge is 0.344 e. The highest BCUT2D eigenvalue weighted by molar-refractivity contribution is 6.31. The van der Waals surface area contributed by atoms with Crippen LogP contribution in [0.15, 0.2) is 35.0 Å². The second-order valence-electron chi connectivity index (χ2n) is 12.8. The topological polar surface area (TPSA) is 94.0 Å². The van der Waals surface area contributed by atoms with Gasteiger partial charge in [-0.25, -0.2) is 4.79 Å². The number of rotatable bonds is 4. The molecular formula is C30H42ClN7O3. The van der Waals surface area contributed by atoms with E-state index in [9.17, 15) is 14.4 Å². The van der Waals surface area contributed by atoms with Gasteiger partial charge in [0.25, 0.3) is 0 Å². The Bertz CT molecular complexity index is 1250. The number of carbonyl (C=O) groups is 3. The van der Waals surface area contributed by atoms with Crippen molar-refractivity contribution in [1.82, 2.24) is 29.4 Å². The predicted molar refractivity (Wildman–Crippen MR) is 157 cm³/mol. The van der Waals surface area contributed by atoms with Crippen molar-refractivity contribution in [2.75, 3.05) is 57.7 Å². The van der Waals surface area contributed by atoms with Crippen molar-refractivity contribution in [2.24, 2.45) is 17.8 Å². The number of allylic oxidation sites excluding steroid dienone is 2. The van der Waals surface area contributed by atoms with Crippen molar-refractivity contribution in [3.05, 3.63) is 35.0 Å². The number of fused-ring (bicyclic) bond motifs is 1. The van der Waals surface area contributed by atoms with Gasteiger partial charge in [0.2, 0.25) is 11.8 Å². The molecule has 4 fully saturated rings. The molecule has 11 heteroatoms. The molecule has 0 bridgehead atoms. The SMILES string of the molecule is CC(=O)Nc1ccn(C(=O)N2CCC3(CCCN3CC3=CC(Cl)=CC(N4CC5CN(C(C)=O)CC5C4)C3C)CC2)n1. The molecule has 1 N–H and O–H groups in total. The fourth-order valence-electron chi connectivity index (χ4n) is 7.99. The van der Waals surface area contributed by atoms with Crippen molar-refractivity contribution in [3.63, 3.8) is 0 Å². The van der Waals surface area contributed by atoms with Crippen LogP contribution in [0.4, 0.5) is 10.6 Å². The zero-order valence-corrected chi connectivity index (χ0v) is 25.1. The molecule has 0 aromatic carbocycles. The number of nitrogens with zero attached hydrogens (tertiary/aromatic N) is 6. The fourth-order valence-corrected chi connectivity index (χ4v) is 8.26. The molecular weight excluding hydrogens is 542 g/mol. The summed E-state index contributed by atoms with van der Waals surface area (Å²) in [7, 11) is 0. The maximum absolute atomic E-state index is 13.1. The van der Waals surface area contributed by atoms with Crippen LogP contribution >= 0.6 is 11.6 Å². The molecule has 4 atom stereocenters. The Labute approximate surface area is 247 Å². The zero-order chi connectivity index (χ0) is 28.9. The van der Waals surface area contributed by atoms with Crippen LogP contribution < -0.4 is 5.32 Å². The Morgan fingerprint density at radius 1 is 1.02 bits per heavy atom. The van der Waals surface area contributed by atoms with Gasteiger partial charge in [-0.2, -0.15) is 4.68 Å². The summed E-state index contributed by atoms with van der Waals surface area (Å²) in [5.74, 6) is 1.85. The lowest BCUT2D eigenvalue weighted by molar-refractivity contribution is -0.128. The third kappa shape index (κ3) is 5.58. The molecule has 222 valence electrons. The van der Waals surface area contributed by atoms with Crippen LogP contribution in [0.25, 0.3) is 0 Å². The molecule has 1 aromatic heterocycles. The van der Waals surface area contributed by atoms with Crippen LogP contribution in [0.2, 0.25) is 0 Å². The summed E-state index contributed by atoms with van der Waals surface area (Å²) in [6, 6.07) is 1.78. The monoisotopic (exact) mass is 583 g/mol. The molecule has 0 radical (unpaired) electrons. The number of nitrogens with one attached hydrogen (secondary N) is 1. The summed E-state index contributed by atoms with van der Waals surface area (Å²) < 4.78 is 1.32. The second-order valence-corrected chi connectivity index (χ2v) is 13.2. The lowest BCUT2D eigenvalue weighted by Crippen LogP contribution is -2.54. The number of likely N-dealkylation sites (tertiary alicyclic amines) is 4. The van der Waals surface area contributed by atoms with Gasteiger partial charge in [-0.05, 0) is 67.7 Å². The van der Waals surface area contributed by atoms with E-state index in [1.807, 2.05) is 9.80 Å². The summed E-state index contributed by atoms with van der Waals surface area (Å²) in [6.45, 7) is 12.6. The van der Waals surface area contributed by atoms with Crippen molar-refractivity contribution in [1.29, 1.82) is 0 Å². The van der Waals surface area contributed by atoms with E-state index < -0.39 is 0 Å². The van der Waals surface area contributed by atoms with E-state index in [4.69, 9.17) is 11.6 Å². The first-order valence-corrected chi connectivity index (χ1v) is 15.4. The number of carbonyl (C=O) groups excluding carboxylic acids is 3. The molecule has 5 heterocycles. The van der Waals surface area contributed by atoms with E-state index in [-0.39, 0.29) is 29.4 Å². The van der Waals surface area contributed by atoms with Crippen LogP contribution in [0.1, 0.15) is 46.5 Å². The first-order valence-electron chi connectivity index (χ1n) is 15.1. The van der Waals surface area contributed by atoms with Crippen LogP contribution in [0, 0.1) is 17.8 Å². The molecule has 41 heavy (non-hydrogen) atoms. The van der Waals surface area contributed by atoms with Crippen LogP contribution in [0.5, 0.6) is 0 Å². The van der Waals surface area contributed by atoms with Gasteiger partial charge < -0.3 is 15.1 Å². The fraction of sp³-hybridized carbons (Fsp3) is 0.667. The maximum Gasteiger partial charge on any atom is 0.344 e. The second kappa shape index (κ2) is 11.2. The summed E-state index contributed by atoms with van der Waals surface area (Å²) in [4.78, 5) is 45.5. The van der Waals surface area contributed by atoms with Crippen molar-refractivity contribution in [3.8, 4) is 0 Å². The van der Waals surface area contributed by atoms with Crippen LogP contribution in [-0.2, 0) is 9.59 Å². The first kappa shape index (κ1) is 28.4. The lowest BCUT2D eigenvalue weighted by atomic mass is 9.83. The average molecular weight is 584 g/mol. The summed E-state index contributed by atoms with van der Waals surface area (Å²) >= 11 is 6.75. The van der Waals surface area contributed by atoms with Gasteiger partial charge in [-0.1, -0.05) is 18.5 Å². The van der Waals surface area contributed by atoms with Crippen LogP contribution in [-0.4, -0.2) is 111 Å². The third-order valence-corrected chi connectivity index (χ3v) is 10.5. The molecule has 6 rings (SSSR count). The number of hydrogen-bond acceptors (Lipinski definition) is 6. The van der Waals surface area contributed by atoms with Gasteiger partial charge >= 0.3 is 6.03 Å². The molecule has 0 saturated carbocycles. The quantitative estimate of drug-likeness (QED) is 0.585. The van der Waals surface area contributed by atoms with Crippen LogP contribution in [0.3, 0.4) is 0 Å². The van der Waals surface area contributed by atoms with E-state index in [2.05, 4.69) is 39.3 Å². The lowest BCUT2D eigenvalue weighted by Gasteiger charge is -2.46. The number of piperidine rings is 1. The molecule has 4 aliphatic heterocycles. The van der Waals surface area contributed by atoms with Crippen molar-refractivity contribution in [2.45, 2.75) is 58.0 Å². The molecule has 4 saturated heterocycles. The number of hydrogen-bond donors (Lipinski definition) is 1. The van der Waals surface area contributed by atoms with E-state index in [1.54, 1.807) is 19.2 Å². The Hall–Kier alpha value is -2.69. The maximum atomic E-state index is 13.1. The Balaban J connectivity index is 1.07. The van der Waals surface area contributed by atoms with Gasteiger partial charge in [0.1, 0.15) is 0 Å². The molecule has 5 aliphatic rings. The summed E-state index contributed by atoms with van der Waals surface area (Å²) in [6.07, 6.45) is 10.2. The third-order valence-electron chi connectivity index (χ3n) is 10.3. The Kier molecular flexibility index (Phi) is 7.76. The number of anilines is 1. The summed E-state index contributed by atoms with van der Waals surface area (Å²) in [5, 5.41) is 7.69. The number of amides is 3. The van der Waals surface area contributed by atoms with Crippen molar-refractivity contribution >= 4 is 35.3 Å². The molecule has 10 nitrogen and oxygen atoms in total. The normalized spacial score (nSPS) is 30.0. The first-order chi connectivity index (χ1) is 19.6. The Morgan fingerprint density at radius 2 is 1.73 bits per heavy atom. The highest BCUT2D eigenvalue weighted by Crippen LogP contribution is 2.42. The smallest absolute Gasteiger partial charge is 0.342 e. The van der Waals surface area contributed by atoms with Gasteiger partial charge in [0, 0.05) is 88.5 Å². The highest BCUT2D eigenvalue weighted by Gasteiger charge is 2.46. The molecule has 1 spiro atoms. The minimum absolute atomic E-state index is 0.104. The minimum atomic E-state index is -0.210. The van der Waals surface area contributed by atoms with E-state index in [1.165, 1.54) is 23.6 Å². The molecule has 1 aromatic rings. The van der Waals surface area contributed by atoms with Gasteiger partial charge in [0.15, 0.2) is 5.82 Å².